The van der Waals surface area contributed by atoms with Crippen LogP contribution in [0.2, 0.25) is 0 Å². The van der Waals surface area contributed by atoms with Gasteiger partial charge in [0.15, 0.2) is 0 Å². The van der Waals surface area contributed by atoms with Crippen LogP contribution in [-0.2, 0) is 4.79 Å². The van der Waals surface area contributed by atoms with Crippen LogP contribution in [0.25, 0.3) is 0 Å². The number of fused-ring (bicyclic) bond motifs is 5. The van der Waals surface area contributed by atoms with Crippen LogP contribution in [0, 0.1) is 40.4 Å². The molecule has 0 spiro atoms. The van der Waals surface area contributed by atoms with Crippen LogP contribution in [-0.4, -0.2) is 11.1 Å². The van der Waals surface area contributed by atoms with Crippen LogP contribution < -0.4 is 0 Å². The van der Waals surface area contributed by atoms with E-state index in [1.807, 2.05) is 0 Å². The van der Waals surface area contributed by atoms with Crippen molar-refractivity contribution in [3.8, 4) is 0 Å². The van der Waals surface area contributed by atoms with E-state index in [1.165, 1.54) is 64.2 Å². The van der Waals surface area contributed by atoms with Gasteiger partial charge in [-0.25, -0.2) is 0 Å². The normalized spacial score (nSPS) is 49.1. The number of aliphatic carboxylic acids is 1. The van der Waals surface area contributed by atoms with Gasteiger partial charge in [-0.05, 0) is 105 Å². The van der Waals surface area contributed by atoms with Gasteiger partial charge < -0.3 is 5.11 Å². The lowest BCUT2D eigenvalue weighted by molar-refractivity contribution is -0.137. The zero-order valence-corrected chi connectivity index (χ0v) is 16.4. The van der Waals surface area contributed by atoms with Crippen molar-refractivity contribution in [2.45, 2.75) is 97.3 Å². The van der Waals surface area contributed by atoms with E-state index < -0.39 is 5.97 Å². The largest absolute Gasteiger partial charge is 0.481 e. The van der Waals surface area contributed by atoms with Gasteiger partial charge in [-0.15, -0.1) is 0 Å². The van der Waals surface area contributed by atoms with E-state index in [0.717, 1.165) is 42.4 Å². The minimum atomic E-state index is -0.619. The van der Waals surface area contributed by atoms with Crippen molar-refractivity contribution in [3.63, 3.8) is 0 Å². The highest BCUT2D eigenvalue weighted by Crippen LogP contribution is 2.67. The molecule has 0 amide bonds. The van der Waals surface area contributed by atoms with E-state index in [2.05, 4.69) is 13.8 Å². The van der Waals surface area contributed by atoms with E-state index in [0.29, 0.717) is 17.3 Å². The molecule has 25 heavy (non-hydrogen) atoms. The van der Waals surface area contributed by atoms with Gasteiger partial charge in [0.05, 0.1) is 0 Å². The molecule has 4 saturated carbocycles. The van der Waals surface area contributed by atoms with Crippen molar-refractivity contribution in [2.75, 3.05) is 0 Å². The number of hydrogen-bond donors (Lipinski definition) is 1. The molecule has 7 atom stereocenters. The lowest BCUT2D eigenvalue weighted by Gasteiger charge is -2.60. The third kappa shape index (κ3) is 2.86. The topological polar surface area (TPSA) is 37.3 Å². The summed E-state index contributed by atoms with van der Waals surface area (Å²) in [5.41, 5.74) is 1.15. The predicted molar refractivity (Wildman–Crippen MR) is 101 cm³/mol. The highest BCUT2D eigenvalue weighted by Gasteiger charge is 2.59. The summed E-state index contributed by atoms with van der Waals surface area (Å²) in [6, 6.07) is 0. The standard InChI is InChI=1S/C23H38O2/c1-22-14-4-3-6-16(22)9-11-18-19-12-10-17(7-5-8-21(24)25)23(19,2)15-13-20(18)22/h16-20H,3-15H2,1-2H3,(H,24,25)/t16-,17?,18?,19?,20?,22-,23?/m0/s1. The fourth-order valence-corrected chi connectivity index (χ4v) is 8.38. The van der Waals surface area contributed by atoms with E-state index >= 15 is 0 Å². The van der Waals surface area contributed by atoms with Crippen molar-refractivity contribution >= 4 is 5.97 Å². The fraction of sp³-hybridized carbons (Fsp3) is 0.957. The Labute approximate surface area is 154 Å². The molecule has 2 heteroatoms. The van der Waals surface area contributed by atoms with Crippen molar-refractivity contribution in [3.05, 3.63) is 0 Å². The summed E-state index contributed by atoms with van der Waals surface area (Å²) in [4.78, 5) is 10.9. The molecule has 0 aromatic carbocycles. The number of hydrogen-bond acceptors (Lipinski definition) is 1. The molecule has 2 nitrogen and oxygen atoms in total. The molecule has 0 aromatic rings. The molecule has 0 aliphatic heterocycles. The van der Waals surface area contributed by atoms with Crippen LogP contribution in [0.5, 0.6) is 0 Å². The minimum Gasteiger partial charge on any atom is -0.481 e. The molecular weight excluding hydrogens is 308 g/mol. The van der Waals surface area contributed by atoms with Gasteiger partial charge in [0.25, 0.3) is 0 Å². The summed E-state index contributed by atoms with van der Waals surface area (Å²) in [5, 5.41) is 8.98. The molecule has 0 heterocycles. The number of carboxylic acid groups (broad SMARTS) is 1. The predicted octanol–water partition coefficient (Wildman–Crippen LogP) is 6.29. The highest BCUT2D eigenvalue weighted by atomic mass is 16.4. The summed E-state index contributed by atoms with van der Waals surface area (Å²) >= 11 is 0. The lowest BCUT2D eigenvalue weighted by atomic mass is 9.45. The van der Waals surface area contributed by atoms with Gasteiger partial charge in [-0.3, -0.25) is 4.79 Å². The molecule has 0 radical (unpaired) electrons. The van der Waals surface area contributed by atoms with E-state index in [4.69, 9.17) is 5.11 Å². The van der Waals surface area contributed by atoms with E-state index in [-0.39, 0.29) is 0 Å². The summed E-state index contributed by atoms with van der Waals surface area (Å²) in [6.07, 6.45) is 17.0. The zero-order valence-electron chi connectivity index (χ0n) is 16.4. The average molecular weight is 347 g/mol. The smallest absolute Gasteiger partial charge is 0.303 e. The Balaban J connectivity index is 1.48. The van der Waals surface area contributed by atoms with E-state index in [9.17, 15) is 4.79 Å². The molecule has 142 valence electrons. The van der Waals surface area contributed by atoms with Crippen LogP contribution in [0.1, 0.15) is 97.3 Å². The van der Waals surface area contributed by atoms with Gasteiger partial charge in [0.1, 0.15) is 0 Å². The molecule has 0 aromatic heterocycles. The van der Waals surface area contributed by atoms with Crippen LogP contribution in [0.15, 0.2) is 0 Å². The lowest BCUT2D eigenvalue weighted by Crippen LogP contribution is -2.52. The third-order valence-corrected chi connectivity index (χ3v) is 9.72. The maximum Gasteiger partial charge on any atom is 0.303 e. The first-order valence-corrected chi connectivity index (χ1v) is 11.2. The number of carbonyl (C=O) groups is 1. The van der Waals surface area contributed by atoms with Crippen molar-refractivity contribution in [2.24, 2.45) is 40.4 Å². The Bertz CT molecular complexity index is 514. The second-order valence-corrected chi connectivity index (χ2v) is 10.5. The summed E-state index contributed by atoms with van der Waals surface area (Å²) < 4.78 is 0. The molecule has 5 unspecified atom stereocenters. The fourth-order valence-electron chi connectivity index (χ4n) is 8.38. The monoisotopic (exact) mass is 346 g/mol. The van der Waals surface area contributed by atoms with Crippen LogP contribution >= 0.6 is 0 Å². The second-order valence-electron chi connectivity index (χ2n) is 10.5. The molecule has 4 aliphatic carbocycles. The quantitative estimate of drug-likeness (QED) is 0.649. The Morgan fingerprint density at radius 1 is 0.920 bits per heavy atom. The van der Waals surface area contributed by atoms with Gasteiger partial charge in [-0.1, -0.05) is 26.7 Å². The Kier molecular flexibility index (Phi) is 4.69. The van der Waals surface area contributed by atoms with Crippen LogP contribution in [0.4, 0.5) is 0 Å². The molecule has 4 aliphatic rings. The molecule has 4 rings (SSSR count). The van der Waals surface area contributed by atoms with Gasteiger partial charge in [-0.2, -0.15) is 0 Å². The molecule has 4 fully saturated rings. The third-order valence-electron chi connectivity index (χ3n) is 9.72. The summed E-state index contributed by atoms with van der Waals surface area (Å²) in [7, 11) is 0. The molecular formula is C23H38O2. The average Bonchev–Trinajstić information content (AvgIpc) is 2.91. The Morgan fingerprint density at radius 2 is 1.72 bits per heavy atom. The summed E-state index contributed by atoms with van der Waals surface area (Å²) in [5.74, 6) is 4.08. The maximum absolute atomic E-state index is 10.9. The van der Waals surface area contributed by atoms with Gasteiger partial charge in [0, 0.05) is 6.42 Å². The van der Waals surface area contributed by atoms with Crippen molar-refractivity contribution in [1.82, 2.24) is 0 Å². The second kappa shape index (κ2) is 6.57. The van der Waals surface area contributed by atoms with Gasteiger partial charge in [0.2, 0.25) is 0 Å². The number of rotatable bonds is 4. The molecule has 0 saturated heterocycles. The maximum atomic E-state index is 10.9. The molecule has 0 bridgehead atoms. The van der Waals surface area contributed by atoms with Gasteiger partial charge >= 0.3 is 5.97 Å². The van der Waals surface area contributed by atoms with Crippen molar-refractivity contribution in [1.29, 1.82) is 0 Å². The van der Waals surface area contributed by atoms with Crippen molar-refractivity contribution < 1.29 is 9.90 Å². The minimum absolute atomic E-state index is 0.364. The Hall–Kier alpha value is -0.530. The Morgan fingerprint density at radius 3 is 2.52 bits per heavy atom. The first kappa shape index (κ1) is 17.9. The van der Waals surface area contributed by atoms with E-state index in [1.54, 1.807) is 0 Å². The summed E-state index contributed by atoms with van der Waals surface area (Å²) in [6.45, 7) is 5.25. The van der Waals surface area contributed by atoms with Crippen LogP contribution in [0.3, 0.4) is 0 Å². The number of carboxylic acids is 1. The first-order chi connectivity index (χ1) is 11.9. The highest BCUT2D eigenvalue weighted by molar-refractivity contribution is 5.66. The zero-order chi connectivity index (χ0) is 17.7. The first-order valence-electron chi connectivity index (χ1n) is 11.2. The molecule has 1 N–H and O–H groups in total. The SMILES string of the molecule is CC12CCC3C(CC[C@@H]4CCCC[C@]34C)C1CCC2CCCC(=O)O.